The first kappa shape index (κ1) is 48.3. The SMILES string of the molecule is CN[C@@H]1[C@@H](O)[C@@H](O[C@@H]2[C@@H](O)[C@H](O[C@H]3OC(CNC(=O)C(F)(F)F)=CC[C@H]3NC(=O)OCc3ccc([N+](=O)[O-])cc3)[C@@H](NC(=O)OCc3ccc([N+](=O)[O-])cc3)C[C@H]2N)CC[C@]1(C)O. The number of carbonyl (C=O) groups is 3. The van der Waals surface area contributed by atoms with Crippen molar-refractivity contribution in [3.63, 3.8) is 0 Å². The van der Waals surface area contributed by atoms with Crippen molar-refractivity contribution < 1.29 is 76.4 Å². The highest BCUT2D eigenvalue weighted by atomic mass is 19.4. The highest BCUT2D eigenvalue weighted by Crippen LogP contribution is 2.35. The molecule has 1 heterocycles. The predicted octanol–water partition coefficient (Wildman–Crippen LogP) is 1.43. The molecule has 2 aromatic rings. The second-order valence-electron chi connectivity index (χ2n) is 15.4. The molecule has 346 valence electrons. The summed E-state index contributed by atoms with van der Waals surface area (Å²) in [6.45, 7) is 0.0471. The van der Waals surface area contributed by atoms with Crippen LogP contribution >= 0.6 is 0 Å². The van der Waals surface area contributed by atoms with Gasteiger partial charge in [0, 0.05) is 30.3 Å². The molecule has 0 aromatic heterocycles. The van der Waals surface area contributed by atoms with Crippen LogP contribution in [0.4, 0.5) is 34.1 Å². The number of aliphatic hydroxyl groups excluding tert-OH is 2. The van der Waals surface area contributed by atoms with Crippen molar-refractivity contribution in [3.05, 3.63) is 91.7 Å². The smallest absolute Gasteiger partial charge is 0.465 e. The summed E-state index contributed by atoms with van der Waals surface area (Å²) in [6, 6.07) is 5.88. The molecule has 63 heavy (non-hydrogen) atoms. The number of rotatable bonds is 15. The van der Waals surface area contributed by atoms with Crippen LogP contribution in [0.1, 0.15) is 43.7 Å². The Morgan fingerprint density at radius 3 is 1.94 bits per heavy atom. The summed E-state index contributed by atoms with van der Waals surface area (Å²) in [6.07, 6.45) is -14.8. The zero-order valence-electron chi connectivity index (χ0n) is 33.8. The maximum absolute atomic E-state index is 13.2. The zero-order chi connectivity index (χ0) is 46.2. The number of alkyl carbamates (subject to hydrolysis) is 2. The number of non-ortho nitro benzene ring substituents is 2. The normalized spacial score (nSPS) is 29.6. The van der Waals surface area contributed by atoms with Crippen molar-refractivity contribution >= 4 is 29.5 Å². The summed E-state index contributed by atoms with van der Waals surface area (Å²) in [7, 11) is 1.53. The van der Waals surface area contributed by atoms with E-state index in [0.717, 1.165) is 0 Å². The summed E-state index contributed by atoms with van der Waals surface area (Å²) in [5.41, 5.74) is 5.55. The predicted molar refractivity (Wildman–Crippen MR) is 208 cm³/mol. The van der Waals surface area contributed by atoms with Crippen LogP contribution in [0.2, 0.25) is 0 Å². The second-order valence-corrected chi connectivity index (χ2v) is 15.4. The number of nitro groups is 2. The van der Waals surface area contributed by atoms with Gasteiger partial charge in [0.05, 0.1) is 52.3 Å². The highest BCUT2D eigenvalue weighted by Gasteiger charge is 2.51. The number of hydrogen-bond acceptors (Lipinski definition) is 17. The number of halogens is 3. The lowest BCUT2D eigenvalue weighted by Gasteiger charge is -2.49. The summed E-state index contributed by atoms with van der Waals surface area (Å²) in [5, 5.41) is 65.7. The standard InChI is InChI=1S/C38H48F3N7O15/c1-37(54)14-13-27(28(49)32(37)43-2)62-30-24(42)15-26(46-36(53)60-18-20-5-9-22(10-6-20)48(57)58)31(29(30)50)63-33-25(12-11-23(61-33)16-44-34(51)38(39,40)41)45-35(52)59-17-19-3-7-21(8-4-19)47(55)56/h3-11,24-33,43,49-50,54H,12-18,42H2,1-2H3,(H,44,51)(H,45,52)(H,46,53)/t24-,25-,26+,27+,28+,29-,30+,31-,32-,33-,37+/m1/s1. The first-order valence-electron chi connectivity index (χ1n) is 19.5. The fourth-order valence-electron chi connectivity index (χ4n) is 7.46. The Labute approximate surface area is 356 Å². The van der Waals surface area contributed by atoms with Gasteiger partial charge >= 0.3 is 24.3 Å². The van der Waals surface area contributed by atoms with E-state index in [1.165, 1.54) is 68.6 Å². The fraction of sp³-hybridized carbons (Fsp3) is 0.553. The molecule has 9 N–H and O–H groups in total. The molecule has 2 aromatic carbocycles. The van der Waals surface area contributed by atoms with Gasteiger partial charge in [-0.25, -0.2) is 9.59 Å². The molecule has 0 bridgehead atoms. The van der Waals surface area contributed by atoms with Crippen LogP contribution in [0.15, 0.2) is 60.4 Å². The van der Waals surface area contributed by atoms with Gasteiger partial charge in [0.15, 0.2) is 0 Å². The van der Waals surface area contributed by atoms with Crippen molar-refractivity contribution in [1.82, 2.24) is 21.3 Å². The topological polar surface area (TPSA) is 318 Å². The van der Waals surface area contributed by atoms with Crippen LogP contribution in [-0.4, -0.2) is 130 Å². The largest absolute Gasteiger partial charge is 0.471 e. The molecule has 25 heteroatoms. The number of likely N-dealkylation sites (N-methyl/N-ethyl adjacent to an activating group) is 1. The van der Waals surface area contributed by atoms with E-state index in [1.807, 2.05) is 0 Å². The number of nitrogens with zero attached hydrogens (tertiary/aromatic N) is 2. The van der Waals surface area contributed by atoms with E-state index in [4.69, 9.17) is 29.4 Å². The number of hydrogen-bond donors (Lipinski definition) is 8. The Kier molecular flexibility index (Phi) is 15.8. The fourth-order valence-corrected chi connectivity index (χ4v) is 7.46. The van der Waals surface area contributed by atoms with Crippen LogP contribution in [0.25, 0.3) is 0 Å². The molecule has 5 rings (SSSR count). The molecule has 0 unspecified atom stereocenters. The second kappa shape index (κ2) is 20.7. The summed E-state index contributed by atoms with van der Waals surface area (Å²) in [5.74, 6) is -2.52. The maximum Gasteiger partial charge on any atom is 0.471 e. The van der Waals surface area contributed by atoms with Crippen molar-refractivity contribution in [2.24, 2.45) is 5.73 Å². The number of benzene rings is 2. The lowest BCUT2D eigenvalue weighted by molar-refractivity contribution is -0.385. The first-order valence-corrected chi connectivity index (χ1v) is 19.5. The van der Waals surface area contributed by atoms with Crippen molar-refractivity contribution in [2.75, 3.05) is 13.6 Å². The Bertz CT molecular complexity index is 1980. The van der Waals surface area contributed by atoms with Gasteiger partial charge in [-0.05, 0) is 81.1 Å². The number of aliphatic hydroxyl groups is 3. The molecule has 0 saturated heterocycles. The van der Waals surface area contributed by atoms with Gasteiger partial charge < -0.3 is 66.0 Å². The lowest BCUT2D eigenvalue weighted by atomic mass is 9.77. The minimum Gasteiger partial charge on any atom is -0.465 e. The molecule has 0 spiro atoms. The van der Waals surface area contributed by atoms with E-state index in [-0.39, 0.29) is 56.0 Å². The Morgan fingerprint density at radius 1 is 0.889 bits per heavy atom. The molecule has 22 nitrogen and oxygen atoms in total. The van der Waals surface area contributed by atoms with E-state index < -0.39 is 107 Å². The number of carbonyl (C=O) groups excluding carboxylic acids is 3. The number of ether oxygens (including phenoxy) is 5. The average molecular weight is 900 g/mol. The summed E-state index contributed by atoms with van der Waals surface area (Å²) in [4.78, 5) is 58.8. The molecule has 2 aliphatic carbocycles. The summed E-state index contributed by atoms with van der Waals surface area (Å²) < 4.78 is 68.0. The Hall–Kier alpha value is -5.70. The van der Waals surface area contributed by atoms with Gasteiger partial charge in [-0.15, -0.1) is 0 Å². The van der Waals surface area contributed by atoms with E-state index >= 15 is 0 Å². The third-order valence-electron chi connectivity index (χ3n) is 10.8. The number of amides is 3. The third-order valence-corrected chi connectivity index (χ3v) is 10.8. The number of alkyl halides is 3. The molecule has 2 fully saturated rings. The lowest BCUT2D eigenvalue weighted by Crippen LogP contribution is -2.68. The molecule has 11 atom stereocenters. The number of nitrogens with two attached hydrogens (primary N) is 1. The van der Waals surface area contributed by atoms with Gasteiger partial charge in [-0.2, -0.15) is 13.2 Å². The summed E-state index contributed by atoms with van der Waals surface area (Å²) >= 11 is 0. The number of nitrogens with one attached hydrogen (secondary N) is 4. The van der Waals surface area contributed by atoms with Gasteiger partial charge in [0.1, 0.15) is 37.3 Å². The molecule has 2 saturated carbocycles. The van der Waals surface area contributed by atoms with Gasteiger partial charge in [-0.3, -0.25) is 25.0 Å². The van der Waals surface area contributed by atoms with Crippen molar-refractivity contribution in [1.29, 1.82) is 0 Å². The first-order chi connectivity index (χ1) is 29.7. The zero-order valence-corrected chi connectivity index (χ0v) is 33.8. The van der Waals surface area contributed by atoms with E-state index in [1.54, 1.807) is 5.32 Å². The van der Waals surface area contributed by atoms with E-state index in [9.17, 15) is 63.1 Å². The van der Waals surface area contributed by atoms with Crippen LogP contribution < -0.4 is 27.0 Å². The van der Waals surface area contributed by atoms with Crippen molar-refractivity contribution in [3.8, 4) is 0 Å². The van der Waals surface area contributed by atoms with Crippen LogP contribution in [0.3, 0.4) is 0 Å². The van der Waals surface area contributed by atoms with Gasteiger partial charge in [-0.1, -0.05) is 0 Å². The number of nitro benzene ring substituents is 2. The van der Waals surface area contributed by atoms with Crippen molar-refractivity contribution in [2.45, 2.75) is 119 Å². The van der Waals surface area contributed by atoms with Crippen LogP contribution in [0, 0.1) is 20.2 Å². The molecule has 1 aliphatic heterocycles. The maximum atomic E-state index is 13.2. The van der Waals surface area contributed by atoms with Gasteiger partial charge in [0.2, 0.25) is 6.29 Å². The van der Waals surface area contributed by atoms with E-state index in [0.29, 0.717) is 11.1 Å². The highest BCUT2D eigenvalue weighted by molar-refractivity contribution is 5.81. The molecular weight excluding hydrogens is 851 g/mol. The minimum absolute atomic E-state index is 0.127. The average Bonchev–Trinajstić information content (AvgIpc) is 3.22. The third kappa shape index (κ3) is 12.7. The molecule has 0 radical (unpaired) electrons. The quantitative estimate of drug-likeness (QED) is 0.0926. The Balaban J connectivity index is 1.38. The van der Waals surface area contributed by atoms with E-state index in [2.05, 4.69) is 16.0 Å². The van der Waals surface area contributed by atoms with Crippen LogP contribution in [-0.2, 0) is 41.7 Å². The Morgan fingerprint density at radius 2 is 1.43 bits per heavy atom. The monoisotopic (exact) mass is 899 g/mol. The van der Waals surface area contributed by atoms with Crippen LogP contribution in [0.5, 0.6) is 0 Å². The minimum atomic E-state index is -5.23. The molecular formula is C38H48F3N7O15. The molecule has 3 aliphatic rings. The molecule has 3 amide bonds. The van der Waals surface area contributed by atoms with Gasteiger partial charge in [0.25, 0.3) is 11.4 Å².